The van der Waals surface area contributed by atoms with Crippen LogP contribution < -0.4 is 10.1 Å². The Balaban J connectivity index is 1.76. The summed E-state index contributed by atoms with van der Waals surface area (Å²) in [6.45, 7) is 13.0. The third-order valence-corrected chi connectivity index (χ3v) is 3.96. The largest absolute Gasteiger partial charge is 0.493 e. The van der Waals surface area contributed by atoms with Crippen molar-refractivity contribution in [1.29, 1.82) is 0 Å². The number of benzene rings is 1. The Bertz CT molecular complexity index is 421. The quantitative estimate of drug-likeness (QED) is 0.775. The molecule has 0 fully saturated rings. The summed E-state index contributed by atoms with van der Waals surface area (Å²) in [5.74, 6) is 1.07. The van der Waals surface area contributed by atoms with Gasteiger partial charge in [0.1, 0.15) is 5.75 Å². The van der Waals surface area contributed by atoms with E-state index in [0.717, 1.165) is 38.4 Å². The van der Waals surface area contributed by atoms with Gasteiger partial charge in [0.15, 0.2) is 0 Å². The zero-order valence-corrected chi connectivity index (χ0v) is 13.3. The minimum Gasteiger partial charge on any atom is -0.493 e. The van der Waals surface area contributed by atoms with Gasteiger partial charge < -0.3 is 10.1 Å². The molecule has 1 aliphatic heterocycles. The Kier molecular flexibility index (Phi) is 5.44. The molecule has 0 radical (unpaired) electrons. The van der Waals surface area contributed by atoms with Gasteiger partial charge >= 0.3 is 0 Å². The number of ether oxygens (including phenoxy) is 1. The van der Waals surface area contributed by atoms with Crippen LogP contribution in [0, 0.1) is 0 Å². The fourth-order valence-corrected chi connectivity index (χ4v) is 2.90. The summed E-state index contributed by atoms with van der Waals surface area (Å²) >= 11 is 0. The van der Waals surface area contributed by atoms with Gasteiger partial charge in [-0.3, -0.25) is 4.90 Å². The second kappa shape index (κ2) is 7.09. The third kappa shape index (κ3) is 3.97. The van der Waals surface area contributed by atoms with E-state index in [1.54, 1.807) is 0 Å². The lowest BCUT2D eigenvalue weighted by molar-refractivity contribution is 0.176. The van der Waals surface area contributed by atoms with Crippen LogP contribution in [0.15, 0.2) is 18.2 Å². The molecule has 20 heavy (non-hydrogen) atoms. The van der Waals surface area contributed by atoms with Gasteiger partial charge in [-0.25, -0.2) is 0 Å². The molecule has 3 heteroatoms. The normalized spacial score (nSPS) is 14.2. The molecule has 0 saturated carbocycles. The van der Waals surface area contributed by atoms with E-state index < -0.39 is 0 Å². The lowest BCUT2D eigenvalue weighted by Gasteiger charge is -2.30. The van der Waals surface area contributed by atoms with Crippen molar-refractivity contribution in [2.45, 2.75) is 52.7 Å². The van der Waals surface area contributed by atoms with Crippen LogP contribution in [0.1, 0.15) is 38.8 Å². The summed E-state index contributed by atoms with van der Waals surface area (Å²) < 4.78 is 5.54. The van der Waals surface area contributed by atoms with Crippen molar-refractivity contribution in [2.24, 2.45) is 0 Å². The molecule has 1 aromatic carbocycles. The fourth-order valence-electron chi connectivity index (χ4n) is 2.90. The maximum absolute atomic E-state index is 5.54. The minimum absolute atomic E-state index is 0.606. The first-order valence-corrected chi connectivity index (χ1v) is 7.79. The van der Waals surface area contributed by atoms with Gasteiger partial charge in [-0.2, -0.15) is 0 Å². The summed E-state index contributed by atoms with van der Waals surface area (Å²) in [7, 11) is 0. The molecule has 1 N–H and O–H groups in total. The third-order valence-electron chi connectivity index (χ3n) is 3.96. The van der Waals surface area contributed by atoms with Gasteiger partial charge in [0.25, 0.3) is 0 Å². The number of nitrogens with zero attached hydrogens (tertiary/aromatic N) is 1. The minimum atomic E-state index is 0.606. The van der Waals surface area contributed by atoms with Gasteiger partial charge in [0, 0.05) is 38.1 Å². The Morgan fingerprint density at radius 2 is 1.95 bits per heavy atom. The van der Waals surface area contributed by atoms with Crippen molar-refractivity contribution in [3.05, 3.63) is 29.3 Å². The van der Waals surface area contributed by atoms with Gasteiger partial charge in [-0.1, -0.05) is 12.1 Å². The van der Waals surface area contributed by atoms with Crippen LogP contribution in [0.5, 0.6) is 5.75 Å². The zero-order valence-electron chi connectivity index (χ0n) is 13.3. The van der Waals surface area contributed by atoms with E-state index in [4.69, 9.17) is 4.74 Å². The zero-order chi connectivity index (χ0) is 14.5. The molecular formula is C17H28N2O. The van der Waals surface area contributed by atoms with E-state index in [-0.39, 0.29) is 0 Å². The highest BCUT2D eigenvalue weighted by molar-refractivity contribution is 5.39. The summed E-state index contributed by atoms with van der Waals surface area (Å²) in [6, 6.07) is 7.76. The molecule has 3 nitrogen and oxygen atoms in total. The van der Waals surface area contributed by atoms with Crippen molar-refractivity contribution in [1.82, 2.24) is 10.2 Å². The van der Waals surface area contributed by atoms with E-state index in [1.165, 1.54) is 11.1 Å². The van der Waals surface area contributed by atoms with Crippen molar-refractivity contribution < 1.29 is 4.74 Å². The highest BCUT2D eigenvalue weighted by atomic mass is 16.5. The maximum Gasteiger partial charge on any atom is 0.122 e. The monoisotopic (exact) mass is 276 g/mol. The van der Waals surface area contributed by atoms with Crippen LogP contribution in [-0.4, -0.2) is 36.7 Å². The molecule has 0 spiro atoms. The predicted molar refractivity (Wildman–Crippen MR) is 84.3 cm³/mol. The first kappa shape index (κ1) is 15.3. The fraction of sp³-hybridized carbons (Fsp3) is 0.647. The van der Waals surface area contributed by atoms with E-state index >= 15 is 0 Å². The topological polar surface area (TPSA) is 24.5 Å². The van der Waals surface area contributed by atoms with E-state index in [1.807, 2.05) is 0 Å². The van der Waals surface area contributed by atoms with Crippen LogP contribution in [-0.2, 0) is 13.0 Å². The molecule has 0 atom stereocenters. The van der Waals surface area contributed by atoms with Gasteiger partial charge in [0.2, 0.25) is 0 Å². The molecular weight excluding hydrogens is 248 g/mol. The SMILES string of the molecule is CC(C)N(CCNCc1ccc2c(c1)CCO2)C(C)C. The summed E-state index contributed by atoms with van der Waals surface area (Å²) in [5.41, 5.74) is 2.71. The molecule has 1 aromatic rings. The van der Waals surface area contributed by atoms with Gasteiger partial charge in [-0.15, -0.1) is 0 Å². The molecule has 2 rings (SSSR count). The smallest absolute Gasteiger partial charge is 0.122 e. The first-order valence-electron chi connectivity index (χ1n) is 7.79. The van der Waals surface area contributed by atoms with E-state index in [0.29, 0.717) is 12.1 Å². The molecule has 0 bridgehead atoms. The van der Waals surface area contributed by atoms with Crippen molar-refractivity contribution in [2.75, 3.05) is 19.7 Å². The highest BCUT2D eigenvalue weighted by Crippen LogP contribution is 2.25. The maximum atomic E-state index is 5.54. The van der Waals surface area contributed by atoms with Crippen molar-refractivity contribution in [3.8, 4) is 5.75 Å². The van der Waals surface area contributed by atoms with Crippen LogP contribution in [0.2, 0.25) is 0 Å². The molecule has 1 aliphatic rings. The summed E-state index contributed by atoms with van der Waals surface area (Å²) in [4.78, 5) is 2.52. The molecule has 0 amide bonds. The number of rotatable bonds is 7. The van der Waals surface area contributed by atoms with Crippen LogP contribution >= 0.6 is 0 Å². The van der Waals surface area contributed by atoms with Gasteiger partial charge in [0.05, 0.1) is 6.61 Å². The molecule has 0 unspecified atom stereocenters. The van der Waals surface area contributed by atoms with Crippen molar-refractivity contribution in [3.63, 3.8) is 0 Å². The Morgan fingerprint density at radius 3 is 2.65 bits per heavy atom. The van der Waals surface area contributed by atoms with Crippen molar-refractivity contribution >= 4 is 0 Å². The molecule has 112 valence electrons. The predicted octanol–water partition coefficient (Wildman–Crippen LogP) is 2.83. The average molecular weight is 276 g/mol. The Labute approximate surface area is 123 Å². The second-order valence-electron chi connectivity index (χ2n) is 6.14. The van der Waals surface area contributed by atoms with Crippen LogP contribution in [0.4, 0.5) is 0 Å². The lowest BCUT2D eigenvalue weighted by atomic mass is 10.1. The van der Waals surface area contributed by atoms with Crippen LogP contribution in [0.25, 0.3) is 0 Å². The molecule has 1 heterocycles. The molecule has 0 aliphatic carbocycles. The first-order chi connectivity index (χ1) is 9.58. The number of nitrogens with one attached hydrogen (secondary N) is 1. The Morgan fingerprint density at radius 1 is 1.20 bits per heavy atom. The standard InChI is InChI=1S/C17H28N2O/c1-13(2)19(14(3)4)9-8-18-12-15-5-6-17-16(11-15)7-10-20-17/h5-6,11,13-14,18H,7-10,12H2,1-4H3. The van der Waals surface area contributed by atoms with E-state index in [2.05, 4.69) is 56.1 Å². The molecule has 0 aromatic heterocycles. The average Bonchev–Trinajstić information content (AvgIpc) is 2.84. The number of hydrogen-bond donors (Lipinski definition) is 1. The number of fused-ring (bicyclic) bond motifs is 1. The number of hydrogen-bond acceptors (Lipinski definition) is 3. The summed E-state index contributed by atoms with van der Waals surface area (Å²) in [6.07, 6.45) is 1.05. The highest BCUT2D eigenvalue weighted by Gasteiger charge is 2.13. The second-order valence-corrected chi connectivity index (χ2v) is 6.14. The van der Waals surface area contributed by atoms with E-state index in [9.17, 15) is 0 Å². The van der Waals surface area contributed by atoms with Crippen LogP contribution in [0.3, 0.4) is 0 Å². The summed E-state index contributed by atoms with van der Waals surface area (Å²) in [5, 5.41) is 3.55. The van der Waals surface area contributed by atoms with Gasteiger partial charge in [-0.05, 0) is 44.9 Å². The lowest BCUT2D eigenvalue weighted by Crippen LogP contribution is -2.41. The Hall–Kier alpha value is -1.06. The molecule has 0 saturated heterocycles.